The summed E-state index contributed by atoms with van der Waals surface area (Å²) in [5.41, 5.74) is 1.24. The quantitative estimate of drug-likeness (QED) is 0.811. The summed E-state index contributed by atoms with van der Waals surface area (Å²) in [7, 11) is 3.43. The van der Waals surface area contributed by atoms with E-state index >= 15 is 0 Å². The molecule has 0 bridgehead atoms. The van der Waals surface area contributed by atoms with Crippen LogP contribution in [0.1, 0.15) is 37.7 Å². The smallest absolute Gasteiger partial charge is 0.251 e. The maximum absolute atomic E-state index is 12.4. The zero-order valence-corrected chi connectivity index (χ0v) is 16.1. The van der Waals surface area contributed by atoms with Crippen molar-refractivity contribution in [1.29, 1.82) is 0 Å². The molecule has 6 heteroatoms. The average Bonchev–Trinajstić information content (AvgIpc) is 2.70. The van der Waals surface area contributed by atoms with Crippen LogP contribution in [0.25, 0.3) is 10.9 Å². The molecule has 0 radical (unpaired) electrons. The van der Waals surface area contributed by atoms with E-state index in [1.54, 1.807) is 12.0 Å². The highest BCUT2D eigenvalue weighted by molar-refractivity contribution is 5.81. The average molecular weight is 372 g/mol. The lowest BCUT2D eigenvalue weighted by Gasteiger charge is -2.25. The number of pyridine rings is 1. The minimum absolute atomic E-state index is 0.0518. The van der Waals surface area contributed by atoms with Crippen molar-refractivity contribution in [2.75, 3.05) is 27.3 Å². The molecule has 27 heavy (non-hydrogen) atoms. The third-order valence-corrected chi connectivity index (χ3v) is 5.22. The van der Waals surface area contributed by atoms with Crippen LogP contribution in [-0.4, -0.2) is 49.2 Å². The van der Waals surface area contributed by atoms with Crippen LogP contribution in [0.5, 0.6) is 5.75 Å². The summed E-state index contributed by atoms with van der Waals surface area (Å²) in [6, 6.07) is 7.37. The van der Waals surface area contributed by atoms with Crippen molar-refractivity contribution < 1.29 is 14.3 Å². The molecule has 1 amide bonds. The number of carbonyl (C=O) groups is 1. The zero-order chi connectivity index (χ0) is 19.2. The maximum atomic E-state index is 12.4. The van der Waals surface area contributed by atoms with Crippen molar-refractivity contribution in [3.8, 4) is 5.75 Å². The number of carbonyl (C=O) groups excluding carboxylic acids is 1. The van der Waals surface area contributed by atoms with E-state index in [4.69, 9.17) is 9.47 Å². The van der Waals surface area contributed by atoms with Gasteiger partial charge in [0.05, 0.1) is 13.2 Å². The number of methoxy groups -OCH3 is 1. The molecule has 1 aliphatic heterocycles. The van der Waals surface area contributed by atoms with E-state index in [1.807, 2.05) is 31.3 Å². The number of fused-ring (bicyclic) bond motifs is 1. The molecule has 1 atom stereocenters. The Morgan fingerprint density at radius 2 is 2.19 bits per heavy atom. The van der Waals surface area contributed by atoms with Gasteiger partial charge in [-0.15, -0.1) is 0 Å². The zero-order valence-electron chi connectivity index (χ0n) is 16.1. The topological polar surface area (TPSA) is 71.6 Å². The first-order valence-corrected chi connectivity index (χ1v) is 9.62. The van der Waals surface area contributed by atoms with Gasteiger partial charge in [-0.3, -0.25) is 9.59 Å². The molecular formula is C21H28N2O4. The highest BCUT2D eigenvalue weighted by atomic mass is 16.5. The fourth-order valence-corrected chi connectivity index (χ4v) is 3.47. The van der Waals surface area contributed by atoms with E-state index < -0.39 is 0 Å². The monoisotopic (exact) mass is 372 g/mol. The highest BCUT2D eigenvalue weighted by Crippen LogP contribution is 2.19. The number of amides is 1. The number of aryl methyl sites for hydroxylation is 1. The van der Waals surface area contributed by atoms with Crippen molar-refractivity contribution in [3.63, 3.8) is 0 Å². The lowest BCUT2D eigenvalue weighted by atomic mass is 10.1. The first-order chi connectivity index (χ1) is 13.1. The summed E-state index contributed by atoms with van der Waals surface area (Å²) in [5, 5.41) is 0.902. The fourth-order valence-electron chi connectivity index (χ4n) is 3.47. The molecule has 1 unspecified atom stereocenters. The van der Waals surface area contributed by atoms with E-state index in [0.717, 1.165) is 42.5 Å². The van der Waals surface area contributed by atoms with Crippen LogP contribution in [0.3, 0.4) is 0 Å². The lowest BCUT2D eigenvalue weighted by molar-refractivity contribution is -0.130. The molecule has 1 saturated heterocycles. The van der Waals surface area contributed by atoms with Crippen LogP contribution in [0, 0.1) is 0 Å². The van der Waals surface area contributed by atoms with Gasteiger partial charge >= 0.3 is 0 Å². The molecule has 0 spiro atoms. The number of rotatable bonds is 7. The van der Waals surface area contributed by atoms with Crippen molar-refractivity contribution >= 4 is 16.8 Å². The molecule has 0 saturated carbocycles. The summed E-state index contributed by atoms with van der Waals surface area (Å²) in [4.78, 5) is 29.3. The predicted octanol–water partition coefficient (Wildman–Crippen LogP) is 2.89. The predicted molar refractivity (Wildman–Crippen MR) is 105 cm³/mol. The van der Waals surface area contributed by atoms with E-state index in [9.17, 15) is 9.59 Å². The summed E-state index contributed by atoms with van der Waals surface area (Å²) in [6.07, 6.45) is 5.31. The first-order valence-electron chi connectivity index (χ1n) is 9.62. The van der Waals surface area contributed by atoms with Crippen LogP contribution < -0.4 is 10.3 Å². The van der Waals surface area contributed by atoms with Crippen LogP contribution in [-0.2, 0) is 16.0 Å². The van der Waals surface area contributed by atoms with Gasteiger partial charge < -0.3 is 19.4 Å². The largest absolute Gasteiger partial charge is 0.497 e. The fraction of sp³-hybridized carbons (Fsp3) is 0.524. The van der Waals surface area contributed by atoms with Crippen LogP contribution in [0.2, 0.25) is 0 Å². The minimum Gasteiger partial charge on any atom is -0.497 e. The number of aromatic amines is 1. The van der Waals surface area contributed by atoms with Crippen LogP contribution in [0.15, 0.2) is 29.1 Å². The molecule has 1 aromatic heterocycles. The summed E-state index contributed by atoms with van der Waals surface area (Å²) in [6.45, 7) is 1.52. The Morgan fingerprint density at radius 3 is 2.93 bits per heavy atom. The van der Waals surface area contributed by atoms with Crippen molar-refractivity contribution in [2.45, 2.75) is 44.6 Å². The number of hydrogen-bond donors (Lipinski definition) is 1. The van der Waals surface area contributed by atoms with Crippen LogP contribution >= 0.6 is 0 Å². The highest BCUT2D eigenvalue weighted by Gasteiger charge is 2.16. The van der Waals surface area contributed by atoms with E-state index in [1.165, 1.54) is 6.42 Å². The molecule has 3 rings (SSSR count). The number of benzene rings is 1. The third kappa shape index (κ3) is 5.10. The van der Waals surface area contributed by atoms with Gasteiger partial charge in [0.15, 0.2) is 0 Å². The number of hydrogen-bond acceptors (Lipinski definition) is 4. The second-order valence-electron chi connectivity index (χ2n) is 7.17. The molecule has 1 fully saturated rings. The number of nitrogens with zero attached hydrogens (tertiary/aromatic N) is 1. The molecule has 0 aliphatic carbocycles. The van der Waals surface area contributed by atoms with Gasteiger partial charge in [0.1, 0.15) is 5.75 Å². The Morgan fingerprint density at radius 1 is 1.33 bits per heavy atom. The summed E-state index contributed by atoms with van der Waals surface area (Å²) < 4.78 is 11.0. The number of aromatic nitrogens is 1. The second-order valence-corrected chi connectivity index (χ2v) is 7.17. The van der Waals surface area contributed by atoms with Gasteiger partial charge in [-0.1, -0.05) is 0 Å². The Balaban J connectivity index is 1.57. The number of nitrogens with one attached hydrogen (secondary N) is 1. The Labute approximate surface area is 159 Å². The van der Waals surface area contributed by atoms with Gasteiger partial charge in [-0.2, -0.15) is 0 Å². The van der Waals surface area contributed by atoms with Gasteiger partial charge in [-0.05, 0) is 56.4 Å². The van der Waals surface area contributed by atoms with Crippen LogP contribution in [0.4, 0.5) is 0 Å². The van der Waals surface area contributed by atoms with Gasteiger partial charge in [-0.25, -0.2) is 0 Å². The van der Waals surface area contributed by atoms with Crippen molar-refractivity contribution in [1.82, 2.24) is 9.88 Å². The third-order valence-electron chi connectivity index (χ3n) is 5.22. The van der Waals surface area contributed by atoms with Gasteiger partial charge in [0.2, 0.25) is 5.91 Å². The SMILES string of the molecule is COc1ccc2[nH]c(=O)c(CCC(=O)N(C)CCC3CCCCO3)cc2c1. The Hall–Kier alpha value is -2.34. The molecule has 146 valence electrons. The normalized spacial score (nSPS) is 17.0. The molecule has 1 aromatic carbocycles. The van der Waals surface area contributed by atoms with E-state index in [0.29, 0.717) is 24.9 Å². The molecule has 1 N–H and O–H groups in total. The number of H-pyrrole nitrogens is 1. The minimum atomic E-state index is -0.140. The van der Waals surface area contributed by atoms with Gasteiger partial charge in [0, 0.05) is 43.1 Å². The maximum Gasteiger partial charge on any atom is 0.251 e. The number of ether oxygens (including phenoxy) is 2. The molecule has 6 nitrogen and oxygen atoms in total. The first kappa shape index (κ1) is 19.4. The van der Waals surface area contributed by atoms with Gasteiger partial charge in [0.25, 0.3) is 5.56 Å². The molecule has 2 aromatic rings. The Kier molecular flexibility index (Phi) is 6.50. The standard InChI is InChI=1S/C21H28N2O4/c1-23(11-10-17-5-3-4-12-27-17)20(24)9-6-15-13-16-14-18(26-2)7-8-19(16)22-21(15)25/h7-8,13-14,17H,3-6,9-12H2,1-2H3,(H,22,25). The summed E-state index contributed by atoms with van der Waals surface area (Å²) in [5.74, 6) is 0.789. The van der Waals surface area contributed by atoms with E-state index in [-0.39, 0.29) is 17.6 Å². The van der Waals surface area contributed by atoms with E-state index in [2.05, 4.69) is 4.98 Å². The molecule has 1 aliphatic rings. The van der Waals surface area contributed by atoms with Crippen molar-refractivity contribution in [2.24, 2.45) is 0 Å². The molecular weight excluding hydrogens is 344 g/mol. The lowest BCUT2D eigenvalue weighted by Crippen LogP contribution is -2.32. The molecule has 2 heterocycles. The Bertz CT molecular complexity index is 840. The van der Waals surface area contributed by atoms with Crippen molar-refractivity contribution in [3.05, 3.63) is 40.2 Å². The second kappa shape index (κ2) is 9.04. The summed E-state index contributed by atoms with van der Waals surface area (Å²) >= 11 is 0.